The zero-order chi connectivity index (χ0) is 25.4. The first-order valence-electron chi connectivity index (χ1n) is 13.7. The number of hydrogen-bond donors (Lipinski definition) is 0. The van der Waals surface area contributed by atoms with Crippen LogP contribution in [0, 0.1) is 30.6 Å². The molecule has 0 aromatic heterocycles. The first kappa shape index (κ1) is 24.8. The number of rotatable bonds is 9. The van der Waals surface area contributed by atoms with Crippen LogP contribution in [-0.4, -0.2) is 24.6 Å². The van der Waals surface area contributed by atoms with Crippen molar-refractivity contribution in [1.29, 1.82) is 0 Å². The molecule has 3 aromatic carbocycles. The summed E-state index contributed by atoms with van der Waals surface area (Å²) in [7, 11) is -0.202. The summed E-state index contributed by atoms with van der Waals surface area (Å²) in [5.74, 6) is 3.79. The van der Waals surface area contributed by atoms with Crippen molar-refractivity contribution in [2.24, 2.45) is 23.7 Å². The monoisotopic (exact) mass is 513 g/mol. The van der Waals surface area contributed by atoms with Crippen LogP contribution in [0.1, 0.15) is 44.6 Å². The van der Waals surface area contributed by atoms with Gasteiger partial charge in [-0.25, -0.2) is 0 Å². The molecule has 4 fully saturated rings. The molecule has 0 N–H and O–H groups in total. The minimum Gasteiger partial charge on any atom is -0.486 e. The third-order valence-corrected chi connectivity index (χ3v) is 11.4. The SMILES string of the molecule is Cc1cc(OCC(=O)COC2(C)C3CC4CC(C3)CC2C4)ccc1[S+](c1ccccc1)c1ccccc1. The summed E-state index contributed by atoms with van der Waals surface area (Å²) >= 11 is 0. The molecule has 0 spiro atoms. The fourth-order valence-corrected chi connectivity index (χ4v) is 9.46. The quantitative estimate of drug-likeness (QED) is 0.282. The molecule has 37 heavy (non-hydrogen) atoms. The molecule has 0 atom stereocenters. The van der Waals surface area contributed by atoms with Gasteiger partial charge >= 0.3 is 0 Å². The summed E-state index contributed by atoms with van der Waals surface area (Å²) in [5, 5.41) is 0. The van der Waals surface area contributed by atoms with Crippen molar-refractivity contribution >= 4 is 16.7 Å². The Labute approximate surface area is 223 Å². The number of ketones is 1. The first-order valence-corrected chi connectivity index (χ1v) is 15.0. The smallest absolute Gasteiger partial charge is 0.195 e. The number of aryl methyl sites for hydroxylation is 1. The Morgan fingerprint density at radius 3 is 1.92 bits per heavy atom. The molecule has 3 nitrogen and oxygen atoms in total. The highest BCUT2D eigenvalue weighted by Crippen LogP contribution is 2.59. The summed E-state index contributed by atoms with van der Waals surface area (Å²) in [5.41, 5.74) is 1.03. The molecule has 4 aliphatic rings. The van der Waals surface area contributed by atoms with Crippen LogP contribution in [0.25, 0.3) is 0 Å². The van der Waals surface area contributed by atoms with Gasteiger partial charge in [0.2, 0.25) is 0 Å². The Hall–Kier alpha value is -2.56. The van der Waals surface area contributed by atoms with Gasteiger partial charge in [0.25, 0.3) is 0 Å². The van der Waals surface area contributed by atoms with Gasteiger partial charge in [0.1, 0.15) is 19.0 Å². The van der Waals surface area contributed by atoms with E-state index in [0.717, 1.165) is 17.6 Å². The summed E-state index contributed by atoms with van der Waals surface area (Å²) < 4.78 is 12.4. The van der Waals surface area contributed by atoms with Gasteiger partial charge < -0.3 is 9.47 Å². The fourth-order valence-electron chi connectivity index (χ4n) is 7.24. The second-order valence-electron chi connectivity index (χ2n) is 11.5. The van der Waals surface area contributed by atoms with Gasteiger partial charge in [-0.05, 0) is 112 Å². The van der Waals surface area contributed by atoms with Crippen LogP contribution in [0.4, 0.5) is 0 Å². The number of Topliss-reactive ketones (excluding diaryl/α,β-unsaturated/α-hetero) is 1. The molecule has 0 amide bonds. The topological polar surface area (TPSA) is 35.5 Å². The summed E-state index contributed by atoms with van der Waals surface area (Å²) in [4.78, 5) is 16.6. The molecule has 7 rings (SSSR count). The van der Waals surface area contributed by atoms with Gasteiger partial charge in [0.05, 0.1) is 16.5 Å². The molecule has 0 aliphatic heterocycles. The van der Waals surface area contributed by atoms with E-state index < -0.39 is 0 Å². The lowest BCUT2D eigenvalue weighted by Gasteiger charge is -2.59. The Bertz CT molecular complexity index is 1170. The highest BCUT2D eigenvalue weighted by molar-refractivity contribution is 7.97. The van der Waals surface area contributed by atoms with Crippen molar-refractivity contribution in [2.75, 3.05) is 13.2 Å². The lowest BCUT2D eigenvalue weighted by Crippen LogP contribution is -2.57. The fraction of sp³-hybridized carbons (Fsp3) is 0.424. The molecule has 0 radical (unpaired) electrons. The molecule has 4 saturated carbocycles. The number of benzene rings is 3. The van der Waals surface area contributed by atoms with E-state index in [2.05, 4.69) is 86.6 Å². The van der Waals surface area contributed by atoms with Gasteiger partial charge in [0.15, 0.2) is 20.5 Å². The van der Waals surface area contributed by atoms with Crippen molar-refractivity contribution in [3.63, 3.8) is 0 Å². The Morgan fingerprint density at radius 2 is 1.38 bits per heavy atom. The molecular weight excluding hydrogens is 476 g/mol. The lowest BCUT2D eigenvalue weighted by molar-refractivity contribution is -0.195. The number of ether oxygens (including phenoxy) is 2. The standard InChI is InChI=1S/C33H37O3S/c1-23-15-29(13-14-32(23)37(30-9-5-3-6-10-30)31-11-7-4-8-12-31)35-21-28(34)22-36-33(2)26-17-24-16-25(19-26)20-27(33)18-24/h3-15,24-27H,16-22H2,1-2H3/q+1. The van der Waals surface area contributed by atoms with Gasteiger partial charge in [-0.1, -0.05) is 36.4 Å². The maximum absolute atomic E-state index is 12.8. The molecule has 192 valence electrons. The maximum atomic E-state index is 12.8. The predicted molar refractivity (Wildman–Crippen MR) is 148 cm³/mol. The average molecular weight is 514 g/mol. The van der Waals surface area contributed by atoms with E-state index in [-0.39, 0.29) is 35.5 Å². The van der Waals surface area contributed by atoms with Crippen molar-refractivity contribution < 1.29 is 14.3 Å². The summed E-state index contributed by atoms with van der Waals surface area (Å²) in [6.45, 7) is 4.61. The highest BCUT2D eigenvalue weighted by atomic mass is 32.2. The maximum Gasteiger partial charge on any atom is 0.195 e. The van der Waals surface area contributed by atoms with Crippen LogP contribution in [0.3, 0.4) is 0 Å². The Morgan fingerprint density at radius 1 is 0.811 bits per heavy atom. The van der Waals surface area contributed by atoms with Crippen molar-refractivity contribution in [3.8, 4) is 5.75 Å². The van der Waals surface area contributed by atoms with E-state index in [0.29, 0.717) is 11.8 Å². The van der Waals surface area contributed by atoms with E-state index in [1.54, 1.807) is 0 Å². The molecule has 0 heterocycles. The van der Waals surface area contributed by atoms with Gasteiger partial charge in [-0.2, -0.15) is 0 Å². The summed E-state index contributed by atoms with van der Waals surface area (Å²) in [6.07, 6.45) is 6.56. The number of carbonyl (C=O) groups excluding carboxylic acids is 1. The Kier molecular flexibility index (Phi) is 6.89. The zero-order valence-electron chi connectivity index (χ0n) is 21.9. The second kappa shape index (κ2) is 10.3. The van der Waals surface area contributed by atoms with Gasteiger partial charge in [-0.3, -0.25) is 4.79 Å². The van der Waals surface area contributed by atoms with E-state index in [4.69, 9.17) is 9.47 Å². The summed E-state index contributed by atoms with van der Waals surface area (Å²) in [6, 6.07) is 27.5. The molecule has 3 aromatic rings. The third kappa shape index (κ3) is 4.98. The van der Waals surface area contributed by atoms with Crippen molar-refractivity contribution in [3.05, 3.63) is 84.4 Å². The lowest BCUT2D eigenvalue weighted by atomic mass is 9.50. The normalized spacial score (nSPS) is 28.0. The Balaban J connectivity index is 1.10. The third-order valence-electron chi connectivity index (χ3n) is 9.03. The highest BCUT2D eigenvalue weighted by Gasteiger charge is 2.55. The molecular formula is C33H37O3S+. The van der Waals surface area contributed by atoms with E-state index in [1.165, 1.54) is 52.4 Å². The first-order chi connectivity index (χ1) is 18.0. The average Bonchev–Trinajstić information content (AvgIpc) is 2.91. The van der Waals surface area contributed by atoms with Crippen LogP contribution in [0.5, 0.6) is 5.75 Å². The van der Waals surface area contributed by atoms with Gasteiger partial charge in [0, 0.05) is 5.56 Å². The van der Waals surface area contributed by atoms with Crippen LogP contribution in [0.15, 0.2) is 93.5 Å². The van der Waals surface area contributed by atoms with Crippen LogP contribution in [-0.2, 0) is 20.4 Å². The molecule has 0 unspecified atom stereocenters. The second-order valence-corrected chi connectivity index (χ2v) is 13.5. The minimum atomic E-state index is -0.202. The molecule has 4 heteroatoms. The number of hydrogen-bond acceptors (Lipinski definition) is 3. The van der Waals surface area contributed by atoms with Crippen molar-refractivity contribution in [2.45, 2.75) is 66.2 Å². The number of carbonyl (C=O) groups is 1. The molecule has 4 aliphatic carbocycles. The molecule has 4 bridgehead atoms. The minimum absolute atomic E-state index is 0.0186. The predicted octanol–water partition coefficient (Wildman–Crippen LogP) is 7.27. The van der Waals surface area contributed by atoms with Gasteiger partial charge in [-0.15, -0.1) is 0 Å². The van der Waals surface area contributed by atoms with Crippen LogP contribution in [0.2, 0.25) is 0 Å². The molecule has 0 saturated heterocycles. The van der Waals surface area contributed by atoms with Crippen LogP contribution >= 0.6 is 0 Å². The zero-order valence-corrected chi connectivity index (χ0v) is 22.7. The van der Waals surface area contributed by atoms with Crippen LogP contribution < -0.4 is 4.74 Å². The largest absolute Gasteiger partial charge is 0.486 e. The van der Waals surface area contributed by atoms with E-state index >= 15 is 0 Å². The van der Waals surface area contributed by atoms with E-state index in [1.807, 2.05) is 6.07 Å². The van der Waals surface area contributed by atoms with Crippen molar-refractivity contribution in [1.82, 2.24) is 0 Å². The van der Waals surface area contributed by atoms with E-state index in [9.17, 15) is 4.79 Å².